The van der Waals surface area contributed by atoms with Gasteiger partial charge in [-0.15, -0.1) is 0 Å². The quantitative estimate of drug-likeness (QED) is 0.242. The van der Waals surface area contributed by atoms with Crippen LogP contribution in [0.3, 0.4) is 0 Å². The van der Waals surface area contributed by atoms with E-state index in [0.29, 0.717) is 42.5 Å². The Morgan fingerprint density at radius 1 is 1.05 bits per heavy atom. The van der Waals surface area contributed by atoms with E-state index in [1.54, 1.807) is 20.3 Å². The van der Waals surface area contributed by atoms with Gasteiger partial charge in [0.15, 0.2) is 0 Å². The van der Waals surface area contributed by atoms with Gasteiger partial charge in [0.1, 0.15) is 30.3 Å². The molecule has 2 heterocycles. The number of aromatic nitrogens is 2. The molecule has 198 valence electrons. The van der Waals surface area contributed by atoms with Gasteiger partial charge in [-0.3, -0.25) is 0 Å². The van der Waals surface area contributed by atoms with Crippen molar-refractivity contribution < 1.29 is 18.6 Å². The maximum atomic E-state index is 13.6. The molecule has 0 saturated carbocycles. The summed E-state index contributed by atoms with van der Waals surface area (Å²) >= 11 is 5.96. The van der Waals surface area contributed by atoms with Crippen molar-refractivity contribution in [1.29, 1.82) is 0 Å². The van der Waals surface area contributed by atoms with Gasteiger partial charge in [0.05, 0.1) is 29.4 Å². The smallest absolute Gasteiger partial charge is 0.144 e. The summed E-state index contributed by atoms with van der Waals surface area (Å²) in [5.74, 6) is 0.798. The lowest BCUT2D eigenvalue weighted by atomic mass is 10.0. The van der Waals surface area contributed by atoms with Gasteiger partial charge >= 0.3 is 0 Å². The number of fused-ring (bicyclic) bond motifs is 1. The van der Waals surface area contributed by atoms with E-state index in [1.807, 2.05) is 12.1 Å². The molecule has 0 bridgehead atoms. The topological polar surface area (TPSA) is 80.8 Å². The fraction of sp³-hybridized carbons (Fsp3) is 0.407. The van der Waals surface area contributed by atoms with E-state index in [4.69, 9.17) is 25.8 Å². The highest BCUT2D eigenvalue weighted by molar-refractivity contribution is 6.31. The van der Waals surface area contributed by atoms with Crippen LogP contribution in [0.15, 0.2) is 48.3 Å². The number of halogens is 2. The minimum Gasteiger partial charge on any atom is -0.489 e. The molecule has 0 radical (unpaired) electrons. The van der Waals surface area contributed by atoms with Crippen LogP contribution in [-0.2, 0) is 9.47 Å². The number of anilines is 3. The summed E-state index contributed by atoms with van der Waals surface area (Å²) in [7, 11) is 3.38. The number of rotatable bonds is 12. The van der Waals surface area contributed by atoms with Gasteiger partial charge in [-0.25, -0.2) is 14.4 Å². The van der Waals surface area contributed by atoms with Crippen molar-refractivity contribution in [3.05, 3.63) is 59.1 Å². The van der Waals surface area contributed by atoms with Crippen molar-refractivity contribution in [3.63, 3.8) is 0 Å². The third kappa shape index (κ3) is 7.52. The summed E-state index contributed by atoms with van der Waals surface area (Å²) in [6.45, 7) is 5.41. The number of nitrogens with one attached hydrogen (secondary N) is 2. The Balaban J connectivity index is 1.52. The summed E-state index contributed by atoms with van der Waals surface area (Å²) in [5, 5.41) is 7.56. The molecular weight excluding hydrogens is 497 g/mol. The number of hydrogen-bond acceptors (Lipinski definition) is 8. The van der Waals surface area contributed by atoms with Gasteiger partial charge < -0.3 is 29.7 Å². The third-order valence-electron chi connectivity index (χ3n) is 6.26. The molecule has 3 aromatic rings. The summed E-state index contributed by atoms with van der Waals surface area (Å²) in [5.41, 5.74) is 3.61. The van der Waals surface area contributed by atoms with Crippen LogP contribution >= 0.6 is 11.6 Å². The highest BCUT2D eigenvalue weighted by atomic mass is 35.5. The van der Waals surface area contributed by atoms with E-state index in [0.717, 1.165) is 50.2 Å². The Labute approximate surface area is 221 Å². The summed E-state index contributed by atoms with van der Waals surface area (Å²) in [4.78, 5) is 11.3. The van der Waals surface area contributed by atoms with Gasteiger partial charge in [0.2, 0.25) is 0 Å². The Morgan fingerprint density at radius 3 is 2.62 bits per heavy atom. The molecule has 0 atom stereocenters. The van der Waals surface area contributed by atoms with Crippen molar-refractivity contribution >= 4 is 39.7 Å². The first-order valence-corrected chi connectivity index (χ1v) is 12.7. The number of hydrogen-bond donors (Lipinski definition) is 2. The number of ether oxygens (including phenoxy) is 3. The van der Waals surface area contributed by atoms with Gasteiger partial charge in [0.25, 0.3) is 0 Å². The first kappa shape index (κ1) is 27.1. The summed E-state index contributed by atoms with van der Waals surface area (Å²) in [6, 6.07) is 8.32. The van der Waals surface area contributed by atoms with Crippen LogP contribution in [0.25, 0.3) is 10.9 Å². The Hall–Kier alpha value is -2.98. The number of piperidine rings is 1. The summed E-state index contributed by atoms with van der Waals surface area (Å²) in [6.07, 6.45) is 5.86. The maximum absolute atomic E-state index is 13.6. The first-order valence-electron chi connectivity index (χ1n) is 12.3. The minimum atomic E-state index is -0.473. The predicted molar refractivity (Wildman–Crippen MR) is 146 cm³/mol. The van der Waals surface area contributed by atoms with E-state index < -0.39 is 5.82 Å². The van der Waals surface area contributed by atoms with Gasteiger partial charge in [-0.2, -0.15) is 0 Å². The maximum Gasteiger partial charge on any atom is 0.144 e. The normalized spacial score (nSPS) is 14.1. The Morgan fingerprint density at radius 2 is 1.86 bits per heavy atom. The lowest BCUT2D eigenvalue weighted by molar-refractivity contribution is 0.143. The van der Waals surface area contributed by atoms with Crippen molar-refractivity contribution in [2.45, 2.75) is 12.8 Å². The first-order chi connectivity index (χ1) is 18.1. The Bertz CT molecular complexity index is 1220. The van der Waals surface area contributed by atoms with Gasteiger partial charge in [-0.1, -0.05) is 23.3 Å². The van der Waals surface area contributed by atoms with Crippen molar-refractivity contribution in [1.82, 2.24) is 14.9 Å². The number of likely N-dealkylation sites (tertiary alicyclic amines) is 1. The van der Waals surface area contributed by atoms with Gasteiger partial charge in [-0.05, 0) is 37.1 Å². The fourth-order valence-corrected chi connectivity index (χ4v) is 4.36. The Kier molecular flexibility index (Phi) is 9.90. The molecule has 0 aliphatic carbocycles. The molecule has 1 fully saturated rings. The van der Waals surface area contributed by atoms with Crippen LogP contribution in [0, 0.1) is 5.82 Å². The molecule has 1 saturated heterocycles. The van der Waals surface area contributed by atoms with Crippen LogP contribution in [-0.4, -0.2) is 75.1 Å². The van der Waals surface area contributed by atoms with Crippen molar-refractivity contribution in [2.75, 3.05) is 70.9 Å². The second kappa shape index (κ2) is 13.5. The van der Waals surface area contributed by atoms with Crippen molar-refractivity contribution in [2.24, 2.45) is 0 Å². The monoisotopic (exact) mass is 529 g/mol. The van der Waals surface area contributed by atoms with E-state index in [-0.39, 0.29) is 5.02 Å². The molecule has 37 heavy (non-hydrogen) atoms. The molecule has 1 aliphatic rings. The third-order valence-corrected chi connectivity index (χ3v) is 6.55. The molecule has 0 unspecified atom stereocenters. The average Bonchev–Trinajstić information content (AvgIpc) is 2.91. The molecule has 8 nitrogen and oxygen atoms in total. The second-order valence-electron chi connectivity index (χ2n) is 8.76. The largest absolute Gasteiger partial charge is 0.489 e. The molecule has 4 rings (SSSR count). The molecule has 0 amide bonds. The van der Waals surface area contributed by atoms with Crippen molar-refractivity contribution in [3.8, 4) is 5.75 Å². The molecule has 1 aromatic heterocycles. The zero-order valence-corrected chi connectivity index (χ0v) is 22.0. The average molecular weight is 530 g/mol. The van der Waals surface area contributed by atoms with Crippen LogP contribution in [0.5, 0.6) is 5.75 Å². The molecule has 2 aromatic carbocycles. The number of nitrogens with zero attached hydrogens (tertiary/aromatic N) is 3. The molecule has 0 spiro atoms. The van der Waals surface area contributed by atoms with E-state index >= 15 is 0 Å². The zero-order valence-electron chi connectivity index (χ0n) is 21.2. The van der Waals surface area contributed by atoms with Crippen LogP contribution < -0.4 is 15.4 Å². The molecule has 10 heteroatoms. The SMILES string of the molecule is COCCOc1cc2ncnc(Nc3ccc(F)c(Cl)c3)c2cc1NCC=C1CCN(CCOC)CC1. The minimum absolute atomic E-state index is 0.0390. The molecular formula is C27H33ClFN5O3. The van der Waals surface area contributed by atoms with Gasteiger partial charge in [0, 0.05) is 57.5 Å². The number of benzene rings is 2. The van der Waals surface area contributed by atoms with E-state index in [9.17, 15) is 4.39 Å². The predicted octanol–water partition coefficient (Wildman–Crippen LogP) is 5.27. The lowest BCUT2D eigenvalue weighted by Gasteiger charge is -2.28. The molecule has 2 N–H and O–H groups in total. The molecule has 1 aliphatic heterocycles. The fourth-order valence-electron chi connectivity index (χ4n) is 4.18. The highest BCUT2D eigenvalue weighted by Gasteiger charge is 2.14. The lowest BCUT2D eigenvalue weighted by Crippen LogP contribution is -2.33. The second-order valence-corrected chi connectivity index (χ2v) is 9.17. The van der Waals surface area contributed by atoms with E-state index in [2.05, 4.69) is 31.6 Å². The standard InChI is InChI=1S/C27H33ClFN5O3/c1-35-12-11-34-9-6-19(7-10-34)5-8-30-25-16-21-24(17-26(25)37-14-13-36-2)31-18-32-27(21)33-20-3-4-23(29)22(28)15-20/h3-5,15-18,30H,6-14H2,1-2H3,(H,31,32,33). The van der Waals surface area contributed by atoms with Crippen LogP contribution in [0.1, 0.15) is 12.8 Å². The van der Waals surface area contributed by atoms with Crippen LogP contribution in [0.2, 0.25) is 5.02 Å². The van der Waals surface area contributed by atoms with E-state index in [1.165, 1.54) is 24.0 Å². The van der Waals surface area contributed by atoms with Crippen LogP contribution in [0.4, 0.5) is 21.6 Å². The summed E-state index contributed by atoms with van der Waals surface area (Å²) < 4.78 is 29.9. The zero-order chi connectivity index (χ0) is 26.0. The highest BCUT2D eigenvalue weighted by Crippen LogP contribution is 2.34. The number of methoxy groups -OCH3 is 2.